The quantitative estimate of drug-likeness (QED) is 0.200. The summed E-state index contributed by atoms with van der Waals surface area (Å²) in [7, 11) is 2.01. The van der Waals surface area contributed by atoms with E-state index < -0.39 is 18.2 Å². The normalized spacial score (nSPS) is 19.1. The molecule has 3 nitrogen and oxygen atoms in total. The van der Waals surface area contributed by atoms with Crippen LogP contribution in [-0.4, -0.2) is 0 Å². The summed E-state index contributed by atoms with van der Waals surface area (Å²) >= 11 is 0. The molecule has 1 aliphatic rings. The standard InChI is InChI=1S/C31H27N2O/c1-19-12-13-24-23-10-8-9-22(20-15-21-17-31(2,3)18-25(21)26(16-20)32-4)29(23)34-30(24)28(19)27-11-6-7-14-33(27)5/h6-16H,17-18H2,1-3,5H3/q+1/i17D2,18D2. The second-order valence-corrected chi connectivity index (χ2v) is 9.52. The average Bonchev–Trinajstić information content (AvgIpc) is 3.30. The Hall–Kier alpha value is -3.90. The van der Waals surface area contributed by atoms with Crippen molar-refractivity contribution in [2.75, 3.05) is 0 Å². The van der Waals surface area contributed by atoms with E-state index in [2.05, 4.69) is 34.5 Å². The average molecular weight is 448 g/mol. The van der Waals surface area contributed by atoms with E-state index >= 15 is 0 Å². The van der Waals surface area contributed by atoms with E-state index in [0.717, 1.165) is 38.7 Å². The van der Waals surface area contributed by atoms with Gasteiger partial charge >= 0.3 is 0 Å². The number of rotatable bonds is 2. The smallest absolute Gasteiger partial charge is 0.216 e. The van der Waals surface area contributed by atoms with Gasteiger partial charge < -0.3 is 4.42 Å². The number of furan rings is 1. The predicted octanol–water partition coefficient (Wildman–Crippen LogP) is 7.73. The molecule has 3 aromatic carbocycles. The van der Waals surface area contributed by atoms with E-state index in [1.54, 1.807) is 26.0 Å². The number of nitrogens with zero attached hydrogens (tertiary/aromatic N) is 2. The molecule has 0 atom stereocenters. The van der Waals surface area contributed by atoms with E-state index in [9.17, 15) is 0 Å². The monoisotopic (exact) mass is 447 g/mol. The molecule has 0 aliphatic heterocycles. The Labute approximate surface area is 205 Å². The second kappa shape index (κ2) is 7.30. The minimum atomic E-state index is -1.99. The van der Waals surface area contributed by atoms with Gasteiger partial charge in [0.1, 0.15) is 18.2 Å². The zero-order valence-electron chi connectivity index (χ0n) is 23.7. The van der Waals surface area contributed by atoms with Gasteiger partial charge in [-0.25, -0.2) is 9.41 Å². The lowest BCUT2D eigenvalue weighted by molar-refractivity contribution is -0.660. The van der Waals surface area contributed by atoms with Crippen LogP contribution in [0.5, 0.6) is 0 Å². The highest BCUT2D eigenvalue weighted by Crippen LogP contribution is 2.45. The molecule has 0 saturated carbocycles. The first-order valence-corrected chi connectivity index (χ1v) is 11.4. The molecule has 0 unspecified atom stereocenters. The van der Waals surface area contributed by atoms with Gasteiger partial charge in [-0.15, -0.1) is 0 Å². The molecule has 166 valence electrons. The second-order valence-electron chi connectivity index (χ2n) is 9.52. The van der Waals surface area contributed by atoms with Crippen LogP contribution in [0.2, 0.25) is 0 Å². The SMILES string of the molecule is [2H]C1([2H])c2cc(-c3cccc4c3oc3c(-c5cccc[n+]5C)c(C)ccc34)cc([N+]#[C-])c2C([2H])([2H])C1(C)C. The van der Waals surface area contributed by atoms with Gasteiger partial charge in [-0.05, 0) is 53.9 Å². The van der Waals surface area contributed by atoms with E-state index in [1.807, 2.05) is 43.6 Å². The fraction of sp³-hybridized carbons (Fsp3) is 0.226. The lowest BCUT2D eigenvalue weighted by Gasteiger charge is -2.15. The minimum Gasteiger partial charge on any atom is -0.454 e. The Morgan fingerprint density at radius 3 is 2.62 bits per heavy atom. The highest BCUT2D eigenvalue weighted by Gasteiger charge is 2.31. The Morgan fingerprint density at radius 2 is 1.82 bits per heavy atom. The lowest BCUT2D eigenvalue weighted by atomic mass is 9.90. The van der Waals surface area contributed by atoms with Crippen molar-refractivity contribution in [1.82, 2.24) is 0 Å². The van der Waals surface area contributed by atoms with Crippen molar-refractivity contribution in [1.29, 1.82) is 0 Å². The van der Waals surface area contributed by atoms with Crippen LogP contribution in [0.3, 0.4) is 0 Å². The number of aryl methyl sites for hydroxylation is 2. The van der Waals surface area contributed by atoms with E-state index in [1.165, 1.54) is 0 Å². The van der Waals surface area contributed by atoms with E-state index in [0.29, 0.717) is 11.1 Å². The molecule has 5 aromatic rings. The van der Waals surface area contributed by atoms with Gasteiger partial charge in [0.05, 0.1) is 12.1 Å². The van der Waals surface area contributed by atoms with Gasteiger partial charge in [-0.2, -0.15) is 0 Å². The summed E-state index contributed by atoms with van der Waals surface area (Å²) in [5.41, 5.74) is 5.12. The van der Waals surface area contributed by atoms with Gasteiger partial charge in [0.15, 0.2) is 11.9 Å². The van der Waals surface area contributed by atoms with Crippen LogP contribution in [-0.2, 0) is 19.8 Å². The van der Waals surface area contributed by atoms with Crippen LogP contribution in [0, 0.1) is 18.9 Å². The van der Waals surface area contributed by atoms with Crippen molar-refractivity contribution < 1.29 is 14.5 Å². The molecular formula is C31H27N2O+. The van der Waals surface area contributed by atoms with Crippen LogP contribution in [0.15, 0.2) is 71.3 Å². The maximum Gasteiger partial charge on any atom is 0.216 e. The third-order valence-corrected chi connectivity index (χ3v) is 6.62. The fourth-order valence-corrected chi connectivity index (χ4v) is 5.07. The highest BCUT2D eigenvalue weighted by molar-refractivity contribution is 6.13. The number of hydrogen-bond donors (Lipinski definition) is 0. The zero-order chi connectivity index (χ0) is 27.2. The number of para-hydroxylation sites is 1. The predicted molar refractivity (Wildman–Crippen MR) is 138 cm³/mol. The minimum absolute atomic E-state index is 0.137. The van der Waals surface area contributed by atoms with E-state index in [4.69, 9.17) is 16.5 Å². The number of fused-ring (bicyclic) bond motifs is 4. The molecule has 0 spiro atoms. The van der Waals surface area contributed by atoms with Gasteiger partial charge in [0, 0.05) is 34.0 Å². The number of aromatic nitrogens is 1. The van der Waals surface area contributed by atoms with Crippen molar-refractivity contribution in [2.24, 2.45) is 12.5 Å². The summed E-state index contributed by atoms with van der Waals surface area (Å²) in [5, 5.41) is 1.91. The molecule has 0 bridgehead atoms. The molecule has 0 saturated heterocycles. The molecule has 1 aliphatic carbocycles. The molecule has 0 amide bonds. The van der Waals surface area contributed by atoms with Crippen LogP contribution < -0.4 is 4.57 Å². The summed E-state index contributed by atoms with van der Waals surface area (Å²) in [4.78, 5) is 3.66. The molecule has 6 rings (SSSR count). The Morgan fingerprint density at radius 1 is 1.00 bits per heavy atom. The summed E-state index contributed by atoms with van der Waals surface area (Å²) in [5.74, 6) is 0. The van der Waals surface area contributed by atoms with Gasteiger partial charge in [-0.1, -0.05) is 55.8 Å². The summed E-state index contributed by atoms with van der Waals surface area (Å²) < 4.78 is 44.0. The van der Waals surface area contributed by atoms with Crippen LogP contribution in [0.25, 0.3) is 49.2 Å². The van der Waals surface area contributed by atoms with Crippen LogP contribution >= 0.6 is 0 Å². The van der Waals surface area contributed by atoms with Crippen molar-refractivity contribution in [3.8, 4) is 22.4 Å². The number of benzene rings is 3. The van der Waals surface area contributed by atoms with Gasteiger partial charge in [-0.3, -0.25) is 0 Å². The third kappa shape index (κ3) is 3.06. The molecule has 0 fully saturated rings. The maximum absolute atomic E-state index is 8.87. The molecular weight excluding hydrogens is 416 g/mol. The number of hydrogen-bond acceptors (Lipinski definition) is 1. The molecule has 2 heterocycles. The topological polar surface area (TPSA) is 21.4 Å². The molecule has 0 N–H and O–H groups in total. The zero-order valence-corrected chi connectivity index (χ0v) is 19.7. The summed E-state index contributed by atoms with van der Waals surface area (Å²) in [6.07, 6.45) is -1.95. The highest BCUT2D eigenvalue weighted by atomic mass is 16.3. The third-order valence-electron chi connectivity index (χ3n) is 6.62. The van der Waals surface area contributed by atoms with Gasteiger partial charge in [0.2, 0.25) is 5.69 Å². The van der Waals surface area contributed by atoms with Crippen molar-refractivity contribution in [2.45, 2.75) is 33.5 Å². The first-order chi connectivity index (χ1) is 17.9. The Balaban J connectivity index is 1.67. The Kier molecular flexibility index (Phi) is 3.58. The van der Waals surface area contributed by atoms with Crippen molar-refractivity contribution in [3.63, 3.8) is 0 Å². The molecule has 34 heavy (non-hydrogen) atoms. The first kappa shape index (κ1) is 16.7. The van der Waals surface area contributed by atoms with Crippen molar-refractivity contribution in [3.05, 3.63) is 95.0 Å². The first-order valence-electron chi connectivity index (χ1n) is 13.4. The largest absolute Gasteiger partial charge is 0.454 e. The number of pyridine rings is 1. The summed E-state index contributed by atoms with van der Waals surface area (Å²) in [6, 6.07) is 19.5. The van der Waals surface area contributed by atoms with Crippen LogP contribution in [0.1, 0.15) is 36.0 Å². The summed E-state index contributed by atoms with van der Waals surface area (Å²) in [6.45, 7) is 13.1. The maximum atomic E-state index is 8.87. The van der Waals surface area contributed by atoms with Crippen LogP contribution in [0.4, 0.5) is 5.69 Å². The molecule has 0 radical (unpaired) electrons. The van der Waals surface area contributed by atoms with E-state index in [-0.39, 0.29) is 16.8 Å². The lowest BCUT2D eigenvalue weighted by Crippen LogP contribution is -2.30. The van der Waals surface area contributed by atoms with Gasteiger partial charge in [0.25, 0.3) is 0 Å². The molecule has 3 heteroatoms. The fourth-order valence-electron chi connectivity index (χ4n) is 5.07. The van der Waals surface area contributed by atoms with Crippen molar-refractivity contribution >= 4 is 27.6 Å². The Bertz CT molecular complexity index is 1840. The molecule has 2 aromatic heterocycles.